The standard InChI is InChI=1S/C16H31N3O2/c1-4-7-18-8-5-6-14(18)15(20)19-11-9-17(10-12-19)13-16(2,3)21/h14,21H,4-13H2,1-3H3/t14-/m1/s1. The second kappa shape index (κ2) is 7.07. The van der Waals surface area contributed by atoms with Crippen LogP contribution >= 0.6 is 0 Å². The van der Waals surface area contributed by atoms with Crippen LogP contribution in [0.3, 0.4) is 0 Å². The van der Waals surface area contributed by atoms with Gasteiger partial charge in [0.15, 0.2) is 0 Å². The van der Waals surface area contributed by atoms with Gasteiger partial charge in [-0.25, -0.2) is 0 Å². The molecule has 0 aromatic heterocycles. The van der Waals surface area contributed by atoms with E-state index >= 15 is 0 Å². The molecule has 0 saturated carbocycles. The third kappa shape index (κ3) is 4.66. The molecule has 2 heterocycles. The molecule has 0 radical (unpaired) electrons. The number of β-amino-alcohol motifs (C(OH)–C–C–N with tert-alkyl or cyclic N) is 1. The molecular weight excluding hydrogens is 266 g/mol. The van der Waals surface area contributed by atoms with Crippen LogP contribution in [0.2, 0.25) is 0 Å². The van der Waals surface area contributed by atoms with E-state index in [1.807, 2.05) is 18.7 Å². The summed E-state index contributed by atoms with van der Waals surface area (Å²) in [6, 6.07) is 0.116. The minimum atomic E-state index is -0.657. The normalized spacial score (nSPS) is 25.5. The lowest BCUT2D eigenvalue weighted by atomic mass is 10.1. The van der Waals surface area contributed by atoms with Gasteiger partial charge in [-0.2, -0.15) is 0 Å². The molecule has 2 saturated heterocycles. The Hall–Kier alpha value is -0.650. The minimum Gasteiger partial charge on any atom is -0.389 e. The lowest BCUT2D eigenvalue weighted by Crippen LogP contribution is -2.55. The molecule has 0 unspecified atom stereocenters. The largest absolute Gasteiger partial charge is 0.389 e. The van der Waals surface area contributed by atoms with E-state index in [4.69, 9.17) is 0 Å². The van der Waals surface area contributed by atoms with Gasteiger partial charge in [0.2, 0.25) is 5.91 Å². The first-order valence-corrected chi connectivity index (χ1v) is 8.38. The maximum atomic E-state index is 12.7. The summed E-state index contributed by atoms with van der Waals surface area (Å²) in [5.74, 6) is 0.323. The maximum Gasteiger partial charge on any atom is 0.240 e. The molecule has 2 fully saturated rings. The van der Waals surface area contributed by atoms with Gasteiger partial charge in [-0.1, -0.05) is 6.92 Å². The Kier molecular flexibility index (Phi) is 5.63. The van der Waals surface area contributed by atoms with Crippen molar-refractivity contribution in [2.75, 3.05) is 45.8 Å². The Labute approximate surface area is 128 Å². The van der Waals surface area contributed by atoms with Crippen molar-refractivity contribution >= 4 is 5.91 Å². The molecule has 0 spiro atoms. The fourth-order valence-corrected chi connectivity index (χ4v) is 3.54. The second-order valence-electron chi connectivity index (χ2n) is 7.11. The number of hydrogen-bond acceptors (Lipinski definition) is 4. The number of rotatable bonds is 5. The van der Waals surface area contributed by atoms with E-state index < -0.39 is 5.60 Å². The number of nitrogens with zero attached hydrogens (tertiary/aromatic N) is 3. The van der Waals surface area contributed by atoms with E-state index in [2.05, 4.69) is 16.7 Å². The van der Waals surface area contributed by atoms with Crippen LogP contribution in [-0.4, -0.2) is 83.2 Å². The first kappa shape index (κ1) is 16.7. The van der Waals surface area contributed by atoms with Crippen LogP contribution in [0.1, 0.15) is 40.0 Å². The van der Waals surface area contributed by atoms with E-state index in [1.54, 1.807) is 0 Å². The molecule has 122 valence electrons. The highest BCUT2D eigenvalue weighted by Crippen LogP contribution is 2.20. The van der Waals surface area contributed by atoms with Crippen LogP contribution in [-0.2, 0) is 4.79 Å². The third-order valence-corrected chi connectivity index (χ3v) is 4.45. The predicted molar refractivity (Wildman–Crippen MR) is 84.2 cm³/mol. The van der Waals surface area contributed by atoms with Crippen molar-refractivity contribution < 1.29 is 9.90 Å². The Morgan fingerprint density at radius 3 is 2.43 bits per heavy atom. The summed E-state index contributed by atoms with van der Waals surface area (Å²) in [5, 5.41) is 9.88. The van der Waals surface area contributed by atoms with Crippen LogP contribution in [0, 0.1) is 0 Å². The summed E-state index contributed by atoms with van der Waals surface area (Å²) in [6.07, 6.45) is 3.28. The van der Waals surface area contributed by atoms with Gasteiger partial charge in [0.1, 0.15) is 0 Å². The van der Waals surface area contributed by atoms with Crippen LogP contribution in [0.5, 0.6) is 0 Å². The van der Waals surface area contributed by atoms with Gasteiger partial charge in [-0.15, -0.1) is 0 Å². The molecule has 2 aliphatic heterocycles. The summed E-state index contributed by atoms with van der Waals surface area (Å²) in [4.78, 5) is 19.3. The molecule has 0 aliphatic carbocycles. The summed E-state index contributed by atoms with van der Waals surface area (Å²) >= 11 is 0. The van der Waals surface area contributed by atoms with E-state index in [0.717, 1.165) is 58.5 Å². The van der Waals surface area contributed by atoms with Gasteiger partial charge in [0.25, 0.3) is 0 Å². The molecule has 0 bridgehead atoms. The minimum absolute atomic E-state index is 0.116. The van der Waals surface area contributed by atoms with Gasteiger partial charge >= 0.3 is 0 Å². The van der Waals surface area contributed by atoms with Crippen molar-refractivity contribution in [2.24, 2.45) is 0 Å². The smallest absolute Gasteiger partial charge is 0.240 e. The van der Waals surface area contributed by atoms with Crippen LogP contribution in [0.25, 0.3) is 0 Å². The number of piperazine rings is 1. The molecule has 1 atom stereocenters. The molecule has 1 amide bonds. The molecule has 21 heavy (non-hydrogen) atoms. The number of likely N-dealkylation sites (tertiary alicyclic amines) is 1. The van der Waals surface area contributed by atoms with E-state index in [9.17, 15) is 9.90 Å². The maximum absolute atomic E-state index is 12.7. The topological polar surface area (TPSA) is 47.0 Å². The van der Waals surface area contributed by atoms with Gasteiger partial charge < -0.3 is 10.0 Å². The predicted octanol–water partition coefficient (Wildman–Crippen LogP) is 0.776. The fraction of sp³-hybridized carbons (Fsp3) is 0.938. The second-order valence-corrected chi connectivity index (χ2v) is 7.11. The van der Waals surface area contributed by atoms with Gasteiger partial charge in [-0.05, 0) is 46.2 Å². The Morgan fingerprint density at radius 2 is 1.86 bits per heavy atom. The molecule has 0 aromatic carbocycles. The molecule has 0 aromatic rings. The first-order valence-electron chi connectivity index (χ1n) is 8.38. The molecule has 5 heteroatoms. The molecule has 1 N–H and O–H groups in total. The average molecular weight is 297 g/mol. The number of hydrogen-bond donors (Lipinski definition) is 1. The summed E-state index contributed by atoms with van der Waals surface area (Å²) in [5.41, 5.74) is -0.657. The average Bonchev–Trinajstić information content (AvgIpc) is 2.86. The van der Waals surface area contributed by atoms with Crippen molar-refractivity contribution in [2.45, 2.75) is 51.7 Å². The van der Waals surface area contributed by atoms with Crippen molar-refractivity contribution in [3.05, 3.63) is 0 Å². The number of carbonyl (C=O) groups is 1. The molecule has 5 nitrogen and oxygen atoms in total. The van der Waals surface area contributed by atoms with Gasteiger partial charge in [0, 0.05) is 32.7 Å². The Morgan fingerprint density at radius 1 is 1.19 bits per heavy atom. The van der Waals surface area contributed by atoms with E-state index in [-0.39, 0.29) is 6.04 Å². The molecule has 2 rings (SSSR count). The summed E-state index contributed by atoms with van der Waals surface area (Å²) < 4.78 is 0. The summed E-state index contributed by atoms with van der Waals surface area (Å²) in [6.45, 7) is 12.0. The molecular formula is C16H31N3O2. The zero-order valence-electron chi connectivity index (χ0n) is 13.8. The van der Waals surface area contributed by atoms with Gasteiger partial charge in [-0.3, -0.25) is 14.6 Å². The highest BCUT2D eigenvalue weighted by atomic mass is 16.3. The quantitative estimate of drug-likeness (QED) is 0.814. The highest BCUT2D eigenvalue weighted by molar-refractivity contribution is 5.82. The highest BCUT2D eigenvalue weighted by Gasteiger charge is 2.34. The monoisotopic (exact) mass is 297 g/mol. The van der Waals surface area contributed by atoms with E-state index in [1.165, 1.54) is 0 Å². The first-order chi connectivity index (χ1) is 9.90. The fourth-order valence-electron chi connectivity index (χ4n) is 3.54. The van der Waals surface area contributed by atoms with Crippen LogP contribution in [0.15, 0.2) is 0 Å². The zero-order chi connectivity index (χ0) is 15.5. The number of amides is 1. The van der Waals surface area contributed by atoms with Crippen molar-refractivity contribution in [3.63, 3.8) is 0 Å². The van der Waals surface area contributed by atoms with E-state index in [0.29, 0.717) is 12.5 Å². The lowest BCUT2D eigenvalue weighted by molar-refractivity contribution is -0.138. The van der Waals surface area contributed by atoms with Crippen LogP contribution in [0.4, 0.5) is 0 Å². The molecule has 2 aliphatic rings. The lowest BCUT2D eigenvalue weighted by Gasteiger charge is -2.39. The van der Waals surface area contributed by atoms with Crippen molar-refractivity contribution in [1.82, 2.24) is 14.7 Å². The van der Waals surface area contributed by atoms with Crippen LogP contribution < -0.4 is 0 Å². The third-order valence-electron chi connectivity index (χ3n) is 4.45. The van der Waals surface area contributed by atoms with Crippen molar-refractivity contribution in [1.29, 1.82) is 0 Å². The van der Waals surface area contributed by atoms with Gasteiger partial charge in [0.05, 0.1) is 11.6 Å². The Bertz CT molecular complexity index is 346. The Balaban J connectivity index is 1.83. The number of carbonyl (C=O) groups excluding carboxylic acids is 1. The number of aliphatic hydroxyl groups is 1. The SMILES string of the molecule is CCCN1CCC[C@@H]1C(=O)N1CCN(CC(C)(C)O)CC1. The zero-order valence-corrected chi connectivity index (χ0v) is 13.8. The summed E-state index contributed by atoms with van der Waals surface area (Å²) in [7, 11) is 0. The van der Waals surface area contributed by atoms with Crippen molar-refractivity contribution in [3.8, 4) is 0 Å².